The van der Waals surface area contributed by atoms with Gasteiger partial charge in [0, 0.05) is 13.6 Å². The molecule has 0 radical (unpaired) electrons. The smallest absolute Gasteiger partial charge is 0.283 e. The van der Waals surface area contributed by atoms with E-state index >= 15 is 0 Å². The molecule has 5 heteroatoms. The van der Waals surface area contributed by atoms with Crippen LogP contribution >= 0.6 is 0 Å². The highest BCUT2D eigenvalue weighted by Crippen LogP contribution is 1.88. The molecule has 0 bridgehead atoms. The van der Waals surface area contributed by atoms with Crippen LogP contribution in [0.25, 0.3) is 0 Å². The first-order chi connectivity index (χ1) is 4.16. The van der Waals surface area contributed by atoms with E-state index in [1.54, 1.807) is 7.05 Å². The highest BCUT2D eigenvalue weighted by atomic mass is 32.2. The highest BCUT2D eigenvalue weighted by molar-refractivity contribution is 7.74. The van der Waals surface area contributed by atoms with Crippen molar-refractivity contribution in [2.45, 2.75) is 13.3 Å². The van der Waals surface area contributed by atoms with E-state index in [4.69, 9.17) is 4.55 Å². The predicted octanol–water partition coefficient (Wildman–Crippen LogP) is 0.397. The fourth-order valence-electron chi connectivity index (χ4n) is 0.461. The summed E-state index contributed by atoms with van der Waals surface area (Å²) in [6.45, 7) is 2.62. The maximum atomic E-state index is 9.93. The van der Waals surface area contributed by atoms with Crippen LogP contribution in [0.3, 0.4) is 0 Å². The quantitative estimate of drug-likeness (QED) is 0.469. The molecule has 0 spiro atoms. The maximum absolute atomic E-state index is 9.93. The number of hydrogen-bond acceptors (Lipinski definition) is 3. The van der Waals surface area contributed by atoms with Crippen molar-refractivity contribution in [2.75, 3.05) is 13.6 Å². The predicted molar refractivity (Wildman–Crippen MR) is 34.8 cm³/mol. The summed E-state index contributed by atoms with van der Waals surface area (Å²) in [6, 6.07) is 0. The van der Waals surface area contributed by atoms with Gasteiger partial charge < -0.3 is 0 Å². The Balaban J connectivity index is 3.26. The molecular weight excluding hydrogens is 142 g/mol. The van der Waals surface area contributed by atoms with Crippen LogP contribution in [0.2, 0.25) is 0 Å². The zero-order valence-electron chi connectivity index (χ0n) is 5.53. The van der Waals surface area contributed by atoms with Crippen molar-refractivity contribution < 1.29 is 13.0 Å². The minimum absolute atomic E-state index is 0.659. The van der Waals surface area contributed by atoms with Gasteiger partial charge in [0.25, 0.3) is 0 Å². The average Bonchev–Trinajstić information content (AvgIpc) is 1.63. The molecule has 0 saturated heterocycles. The zero-order valence-corrected chi connectivity index (χ0v) is 6.35. The fourth-order valence-corrected chi connectivity index (χ4v) is 0.753. The van der Waals surface area contributed by atoms with Gasteiger partial charge in [0.1, 0.15) is 0 Å². The lowest BCUT2D eigenvalue weighted by Gasteiger charge is -2.09. The van der Waals surface area contributed by atoms with Gasteiger partial charge in [0.2, 0.25) is 0 Å². The molecule has 0 aliphatic carbocycles. The first-order valence-corrected chi connectivity index (χ1v) is 3.70. The molecule has 0 saturated carbocycles. The molecule has 0 rings (SSSR count). The van der Waals surface area contributed by atoms with Crippen LogP contribution in [0, 0.1) is 0 Å². The lowest BCUT2D eigenvalue weighted by molar-refractivity contribution is -0.0251. The highest BCUT2D eigenvalue weighted by Gasteiger charge is 1.98. The van der Waals surface area contributed by atoms with E-state index in [1.165, 1.54) is 5.06 Å². The molecule has 9 heavy (non-hydrogen) atoms. The van der Waals surface area contributed by atoms with Gasteiger partial charge in [-0.3, -0.25) is 4.55 Å². The van der Waals surface area contributed by atoms with Gasteiger partial charge in [-0.1, -0.05) is 6.92 Å². The Bertz CT molecular complexity index is 97.8. The Hall–Kier alpha value is 0.0300. The monoisotopic (exact) mass is 153 g/mol. The molecule has 0 fully saturated rings. The van der Waals surface area contributed by atoms with Crippen LogP contribution in [0.4, 0.5) is 0 Å². The number of hydroxylamine groups is 2. The summed E-state index contributed by atoms with van der Waals surface area (Å²) in [4.78, 5) is 0. The molecule has 0 aromatic carbocycles. The van der Waals surface area contributed by atoms with E-state index in [2.05, 4.69) is 4.28 Å². The van der Waals surface area contributed by atoms with Crippen molar-refractivity contribution in [1.29, 1.82) is 0 Å². The van der Waals surface area contributed by atoms with Gasteiger partial charge in [-0.2, -0.15) is 13.6 Å². The lowest BCUT2D eigenvalue weighted by atomic mass is 10.5. The Morgan fingerprint density at radius 3 is 2.67 bits per heavy atom. The van der Waals surface area contributed by atoms with Gasteiger partial charge in [0.05, 0.1) is 0 Å². The second kappa shape index (κ2) is 4.87. The summed E-state index contributed by atoms with van der Waals surface area (Å²) in [5.41, 5.74) is 0. The summed E-state index contributed by atoms with van der Waals surface area (Å²) in [5.74, 6) is 0. The van der Waals surface area contributed by atoms with Crippen molar-refractivity contribution >= 4 is 11.4 Å². The second-order valence-corrected chi connectivity index (χ2v) is 2.23. The van der Waals surface area contributed by atoms with Gasteiger partial charge in [-0.05, 0) is 6.42 Å². The van der Waals surface area contributed by atoms with Crippen molar-refractivity contribution in [3.63, 3.8) is 0 Å². The van der Waals surface area contributed by atoms with Gasteiger partial charge in [-0.25, -0.2) is 0 Å². The number of nitrogens with zero attached hydrogens (tertiary/aromatic N) is 1. The summed E-state index contributed by atoms with van der Waals surface area (Å²) >= 11 is -2.17. The van der Waals surface area contributed by atoms with Crippen molar-refractivity contribution in [3.8, 4) is 0 Å². The van der Waals surface area contributed by atoms with Crippen LogP contribution in [0.1, 0.15) is 13.3 Å². The van der Waals surface area contributed by atoms with Crippen molar-refractivity contribution in [2.24, 2.45) is 0 Å². The Morgan fingerprint density at radius 2 is 2.33 bits per heavy atom. The second-order valence-electron chi connectivity index (χ2n) is 1.64. The van der Waals surface area contributed by atoms with Crippen LogP contribution in [-0.2, 0) is 15.6 Å². The Morgan fingerprint density at radius 1 is 1.78 bits per heavy atom. The molecule has 4 nitrogen and oxygen atoms in total. The minimum Gasteiger partial charge on any atom is -0.283 e. The summed E-state index contributed by atoms with van der Waals surface area (Å²) in [6.07, 6.45) is 0.897. The number of rotatable bonds is 4. The Kier molecular flexibility index (Phi) is 4.88. The average molecular weight is 153 g/mol. The van der Waals surface area contributed by atoms with Crippen LogP contribution < -0.4 is 0 Å². The molecular formula is C4H11NO3S. The molecule has 0 amide bonds. The zero-order chi connectivity index (χ0) is 7.28. The third kappa shape index (κ3) is 5.91. The Labute approximate surface area is 57.2 Å². The molecule has 0 aromatic heterocycles. The van der Waals surface area contributed by atoms with E-state index in [9.17, 15) is 4.21 Å². The number of hydrogen-bond donors (Lipinski definition) is 1. The standard InChI is InChI=1S/C4H11NO3S/c1-3-4-5(2)8-9(6)7/h3-4H2,1-2H3,(H,6,7). The molecule has 0 aliphatic heterocycles. The fraction of sp³-hybridized carbons (Fsp3) is 1.00. The van der Waals surface area contributed by atoms with Crippen LogP contribution in [0.15, 0.2) is 0 Å². The van der Waals surface area contributed by atoms with E-state index < -0.39 is 11.4 Å². The molecule has 1 N–H and O–H groups in total. The van der Waals surface area contributed by atoms with Crippen LogP contribution in [0.5, 0.6) is 0 Å². The topological polar surface area (TPSA) is 49.8 Å². The first-order valence-electron chi connectivity index (χ1n) is 2.67. The van der Waals surface area contributed by atoms with Crippen molar-refractivity contribution in [3.05, 3.63) is 0 Å². The maximum Gasteiger partial charge on any atom is 0.319 e. The summed E-state index contributed by atoms with van der Waals surface area (Å²) < 4.78 is 22.4. The molecule has 56 valence electrons. The van der Waals surface area contributed by atoms with E-state index in [1.807, 2.05) is 6.92 Å². The lowest BCUT2D eigenvalue weighted by Crippen LogP contribution is -2.20. The van der Waals surface area contributed by atoms with Gasteiger partial charge in [0.15, 0.2) is 0 Å². The molecule has 0 aliphatic rings. The van der Waals surface area contributed by atoms with Gasteiger partial charge >= 0.3 is 11.4 Å². The molecule has 0 aromatic rings. The largest absolute Gasteiger partial charge is 0.319 e. The van der Waals surface area contributed by atoms with E-state index in [-0.39, 0.29) is 0 Å². The van der Waals surface area contributed by atoms with E-state index in [0.29, 0.717) is 6.54 Å². The summed E-state index contributed by atoms with van der Waals surface area (Å²) in [5, 5.41) is 1.33. The third-order valence-electron chi connectivity index (χ3n) is 0.730. The first kappa shape index (κ1) is 9.03. The third-order valence-corrected chi connectivity index (χ3v) is 1.11. The SMILES string of the molecule is CCCN(C)OS(=O)O. The van der Waals surface area contributed by atoms with E-state index in [0.717, 1.165) is 6.42 Å². The molecule has 0 heterocycles. The van der Waals surface area contributed by atoms with Crippen LogP contribution in [-0.4, -0.2) is 27.4 Å². The van der Waals surface area contributed by atoms with Crippen molar-refractivity contribution in [1.82, 2.24) is 5.06 Å². The normalized spacial score (nSPS) is 14.2. The minimum atomic E-state index is -2.17. The molecule has 1 unspecified atom stereocenters. The molecule has 1 atom stereocenters. The van der Waals surface area contributed by atoms with Gasteiger partial charge in [-0.15, -0.1) is 0 Å². The summed E-state index contributed by atoms with van der Waals surface area (Å²) in [7, 11) is 1.61.